The van der Waals surface area contributed by atoms with Crippen molar-refractivity contribution in [2.24, 2.45) is 12.0 Å². The van der Waals surface area contributed by atoms with Crippen LogP contribution in [0.5, 0.6) is 0 Å². The first kappa shape index (κ1) is 18.4. The average Bonchev–Trinajstić information content (AvgIpc) is 3.15. The molecule has 2 heterocycles. The van der Waals surface area contributed by atoms with Crippen molar-refractivity contribution in [1.82, 2.24) is 9.88 Å². The number of fused-ring (bicyclic) bond motifs is 1. The number of thioether (sulfide) groups is 1. The maximum atomic E-state index is 12.8. The quantitative estimate of drug-likeness (QED) is 0.608. The van der Waals surface area contributed by atoms with Gasteiger partial charge >= 0.3 is 6.18 Å². The summed E-state index contributed by atoms with van der Waals surface area (Å²) < 4.78 is 40.5. The minimum atomic E-state index is -4.44. The van der Waals surface area contributed by atoms with Crippen LogP contribution in [-0.2, 0) is 18.0 Å². The van der Waals surface area contributed by atoms with Gasteiger partial charge in [-0.3, -0.25) is 4.79 Å². The summed E-state index contributed by atoms with van der Waals surface area (Å²) in [5, 5.41) is 3.86. The number of nitrogens with one attached hydrogen (secondary N) is 1. The highest BCUT2D eigenvalue weighted by Crippen LogP contribution is 2.33. The summed E-state index contributed by atoms with van der Waals surface area (Å²) in [7, 11) is 1.92. The van der Waals surface area contributed by atoms with Gasteiger partial charge in [-0.1, -0.05) is 24.3 Å². The van der Waals surface area contributed by atoms with Crippen LogP contribution in [0.3, 0.4) is 0 Å². The molecule has 8 heteroatoms. The molecule has 0 bridgehead atoms. The van der Waals surface area contributed by atoms with E-state index in [1.807, 2.05) is 42.1 Å². The molecule has 0 atom stereocenters. The lowest BCUT2D eigenvalue weighted by Gasteiger charge is -2.06. The molecule has 1 N–H and O–H groups in total. The van der Waals surface area contributed by atoms with E-state index in [-0.39, 0.29) is 16.8 Å². The van der Waals surface area contributed by atoms with Crippen LogP contribution in [0.15, 0.2) is 64.6 Å². The number of nitrogens with zero attached hydrogens (tertiary/aromatic N) is 2. The molecule has 1 fully saturated rings. The summed E-state index contributed by atoms with van der Waals surface area (Å²) in [6.07, 6.45) is -0.758. The fourth-order valence-electron chi connectivity index (χ4n) is 2.98. The van der Waals surface area contributed by atoms with Gasteiger partial charge in [0, 0.05) is 29.7 Å². The van der Waals surface area contributed by atoms with E-state index in [0.29, 0.717) is 4.91 Å². The molecular formula is C20H14F3N3OS. The van der Waals surface area contributed by atoms with E-state index in [0.717, 1.165) is 40.4 Å². The molecular weight excluding hydrogens is 387 g/mol. The highest BCUT2D eigenvalue weighted by molar-refractivity contribution is 8.18. The number of rotatable bonds is 2. The molecule has 1 saturated heterocycles. The number of aryl methyl sites for hydroxylation is 1. The summed E-state index contributed by atoms with van der Waals surface area (Å²) in [6.45, 7) is 0. The van der Waals surface area contributed by atoms with Crippen molar-refractivity contribution in [3.05, 3.63) is 70.8 Å². The SMILES string of the molecule is Cn1cc(/C=C2\SC(=Nc3cccc(C(F)(F)F)c3)NC2=O)c2ccccc21. The number of hydrogen-bond donors (Lipinski definition) is 1. The van der Waals surface area contributed by atoms with Crippen LogP contribution in [0.4, 0.5) is 18.9 Å². The predicted octanol–water partition coefficient (Wildman–Crippen LogP) is 5.09. The Bertz CT molecular complexity index is 1150. The number of amidine groups is 1. The number of aromatic nitrogens is 1. The van der Waals surface area contributed by atoms with E-state index >= 15 is 0 Å². The van der Waals surface area contributed by atoms with Gasteiger partial charge in [0.1, 0.15) is 0 Å². The van der Waals surface area contributed by atoms with Crippen LogP contribution in [0.2, 0.25) is 0 Å². The van der Waals surface area contributed by atoms with E-state index in [1.165, 1.54) is 12.1 Å². The smallest absolute Gasteiger partial charge is 0.350 e. The molecule has 28 heavy (non-hydrogen) atoms. The minimum Gasteiger partial charge on any atom is -0.350 e. The lowest BCUT2D eigenvalue weighted by atomic mass is 10.1. The molecule has 1 aliphatic rings. The first-order valence-electron chi connectivity index (χ1n) is 8.32. The van der Waals surface area contributed by atoms with Crippen LogP contribution in [0.1, 0.15) is 11.1 Å². The number of halogens is 3. The summed E-state index contributed by atoms with van der Waals surface area (Å²) in [5.41, 5.74) is 1.27. The zero-order valence-corrected chi connectivity index (χ0v) is 15.4. The third kappa shape index (κ3) is 3.55. The number of hydrogen-bond acceptors (Lipinski definition) is 3. The van der Waals surface area contributed by atoms with Gasteiger partial charge in [-0.05, 0) is 42.1 Å². The summed E-state index contributed by atoms with van der Waals surface area (Å²) in [5.74, 6) is -0.330. The second-order valence-electron chi connectivity index (χ2n) is 6.24. The zero-order chi connectivity index (χ0) is 19.9. The van der Waals surface area contributed by atoms with E-state index in [4.69, 9.17) is 0 Å². The van der Waals surface area contributed by atoms with Gasteiger partial charge in [0.25, 0.3) is 5.91 Å². The zero-order valence-electron chi connectivity index (χ0n) is 14.6. The molecule has 0 unspecified atom stereocenters. The van der Waals surface area contributed by atoms with Crippen molar-refractivity contribution in [2.75, 3.05) is 0 Å². The average molecular weight is 401 g/mol. The van der Waals surface area contributed by atoms with Crippen molar-refractivity contribution in [1.29, 1.82) is 0 Å². The Morgan fingerprint density at radius 3 is 2.71 bits per heavy atom. The van der Waals surface area contributed by atoms with Crippen LogP contribution < -0.4 is 5.32 Å². The molecule has 0 saturated carbocycles. The lowest BCUT2D eigenvalue weighted by molar-refractivity contribution is -0.137. The van der Waals surface area contributed by atoms with Crippen molar-refractivity contribution in [3.63, 3.8) is 0 Å². The summed E-state index contributed by atoms with van der Waals surface area (Å²) >= 11 is 1.10. The first-order chi connectivity index (χ1) is 13.3. The number of amides is 1. The molecule has 1 aromatic heterocycles. The summed E-state index contributed by atoms with van der Waals surface area (Å²) in [4.78, 5) is 16.9. The fraction of sp³-hybridized carbons (Fsp3) is 0.100. The molecule has 1 amide bonds. The molecule has 3 aromatic rings. The number of aliphatic imine (C=N–C) groups is 1. The van der Waals surface area contributed by atoms with Crippen molar-refractivity contribution < 1.29 is 18.0 Å². The maximum absolute atomic E-state index is 12.8. The molecule has 1 aliphatic heterocycles. The monoisotopic (exact) mass is 401 g/mol. The third-order valence-corrected chi connectivity index (χ3v) is 5.18. The van der Waals surface area contributed by atoms with Crippen molar-refractivity contribution in [3.8, 4) is 0 Å². The molecule has 4 rings (SSSR count). The Labute approximate surface area is 162 Å². The highest BCUT2D eigenvalue weighted by Gasteiger charge is 2.30. The standard InChI is InChI=1S/C20H14F3N3OS/c1-26-11-12(15-7-2-3-8-16(15)26)9-17-18(27)25-19(28-17)24-14-6-4-5-13(10-14)20(21,22)23/h2-11H,1H3,(H,24,25,27)/b17-9-. The second kappa shape index (κ2) is 6.87. The number of para-hydroxylation sites is 1. The molecule has 2 aromatic carbocycles. The molecule has 142 valence electrons. The van der Waals surface area contributed by atoms with Crippen molar-refractivity contribution >= 4 is 45.5 Å². The minimum absolute atomic E-state index is 0.129. The number of alkyl halides is 3. The van der Waals surface area contributed by atoms with E-state index < -0.39 is 11.7 Å². The second-order valence-corrected chi connectivity index (χ2v) is 7.27. The molecule has 0 radical (unpaired) electrons. The Morgan fingerprint density at radius 1 is 1.14 bits per heavy atom. The number of carbonyl (C=O) groups is 1. The molecule has 0 spiro atoms. The highest BCUT2D eigenvalue weighted by atomic mass is 32.2. The Balaban J connectivity index is 1.64. The Kier molecular flexibility index (Phi) is 4.50. The van der Waals surface area contributed by atoms with Gasteiger partial charge in [-0.2, -0.15) is 13.2 Å². The first-order valence-corrected chi connectivity index (χ1v) is 9.14. The van der Waals surface area contributed by atoms with E-state index in [9.17, 15) is 18.0 Å². The van der Waals surface area contributed by atoms with Crippen LogP contribution in [0, 0.1) is 0 Å². The van der Waals surface area contributed by atoms with E-state index in [2.05, 4.69) is 10.3 Å². The van der Waals surface area contributed by atoms with Crippen molar-refractivity contribution in [2.45, 2.75) is 6.18 Å². The van der Waals surface area contributed by atoms with Gasteiger partial charge in [0.15, 0.2) is 5.17 Å². The van der Waals surface area contributed by atoms with Gasteiger partial charge in [0.05, 0.1) is 16.2 Å². The van der Waals surface area contributed by atoms with E-state index in [1.54, 1.807) is 6.08 Å². The number of carbonyl (C=O) groups excluding carboxylic acids is 1. The Hall–Kier alpha value is -3.00. The van der Waals surface area contributed by atoms with Gasteiger partial charge in [-0.25, -0.2) is 4.99 Å². The lowest BCUT2D eigenvalue weighted by Crippen LogP contribution is -2.19. The normalized spacial score (nSPS) is 17.6. The Morgan fingerprint density at radius 2 is 1.93 bits per heavy atom. The molecule has 4 nitrogen and oxygen atoms in total. The summed E-state index contributed by atoms with van der Waals surface area (Å²) in [6, 6.07) is 12.5. The number of benzene rings is 2. The predicted molar refractivity (Wildman–Crippen MR) is 105 cm³/mol. The van der Waals surface area contributed by atoms with Crippen LogP contribution >= 0.6 is 11.8 Å². The van der Waals surface area contributed by atoms with Gasteiger partial charge in [0.2, 0.25) is 0 Å². The fourth-order valence-corrected chi connectivity index (χ4v) is 3.81. The largest absolute Gasteiger partial charge is 0.416 e. The van der Waals surface area contributed by atoms with Crippen LogP contribution in [-0.4, -0.2) is 15.6 Å². The van der Waals surface area contributed by atoms with Crippen LogP contribution in [0.25, 0.3) is 17.0 Å². The van der Waals surface area contributed by atoms with Gasteiger partial charge in [-0.15, -0.1) is 0 Å². The third-order valence-electron chi connectivity index (χ3n) is 4.27. The van der Waals surface area contributed by atoms with Gasteiger partial charge < -0.3 is 9.88 Å². The maximum Gasteiger partial charge on any atom is 0.416 e. The topological polar surface area (TPSA) is 46.4 Å². The molecule has 0 aliphatic carbocycles.